The molecule has 0 aliphatic carbocycles. The number of pyridine rings is 2. The molecule has 3 fully saturated rings. The summed E-state index contributed by atoms with van der Waals surface area (Å²) >= 11 is 0. The maximum Gasteiger partial charge on any atom is 0.407 e. The third kappa shape index (κ3) is 8.92. The second-order valence-electron chi connectivity index (χ2n) is 17.4. The van der Waals surface area contributed by atoms with Gasteiger partial charge in [-0.15, -0.1) is 0 Å². The second kappa shape index (κ2) is 18.9. The molecular formula is C46H44N6O19. The summed E-state index contributed by atoms with van der Waals surface area (Å²) < 4.78 is 45.6. The molecule has 0 radical (unpaired) electrons. The molecule has 71 heavy (non-hydrogen) atoms. The van der Waals surface area contributed by atoms with E-state index in [0.29, 0.717) is 50.5 Å². The largest absolute Gasteiger partial charge is 0.479 e. The minimum atomic E-state index is -1.66. The Hall–Kier alpha value is -7.71. The summed E-state index contributed by atoms with van der Waals surface area (Å²) in [6.45, 7) is 0.277. The Bertz CT molecular complexity index is 3000. The molecule has 7 atom stereocenters. The summed E-state index contributed by atoms with van der Waals surface area (Å²) in [7, 11) is 0. The predicted octanol–water partition coefficient (Wildman–Crippen LogP) is 0.191. The van der Waals surface area contributed by atoms with Crippen molar-refractivity contribution in [2.45, 2.75) is 89.3 Å². The van der Waals surface area contributed by atoms with Crippen molar-refractivity contribution in [3.8, 4) is 28.6 Å². The van der Waals surface area contributed by atoms with Crippen LogP contribution in [0.15, 0.2) is 41.2 Å². The van der Waals surface area contributed by atoms with Crippen LogP contribution in [0, 0.1) is 5.92 Å². The number of hydrogen-bond donors (Lipinski definition) is 6. The number of likely N-dealkylation sites (tertiary alicyclic amines) is 1. The number of carbonyl (C=O) groups excluding carboxylic acids is 6. The SMILES string of the molecule is CC1CC(=O)N(CCC(=O)NCCC(=O)Nc2cc(COC(=O)NCc3c4c(nc5cc6c(cc35)OCO6)-c3cc5c(c(=O)n3C4)COC(=O)[C@H]5O)ccc2O[C@@H]2OC(C(=O)O)[C@H]3OCOC3C2O)C1=O. The van der Waals surface area contributed by atoms with Crippen molar-refractivity contribution in [2.75, 3.05) is 32.0 Å². The fourth-order valence-electron chi connectivity index (χ4n) is 9.26. The minimum absolute atomic E-state index is 0.0196. The van der Waals surface area contributed by atoms with Crippen molar-refractivity contribution in [2.24, 2.45) is 5.92 Å². The number of cyclic esters (lactones) is 1. The van der Waals surface area contributed by atoms with E-state index in [1.807, 2.05) is 0 Å². The highest BCUT2D eigenvalue weighted by molar-refractivity contribution is 6.03. The Morgan fingerprint density at radius 2 is 1.69 bits per heavy atom. The fraction of sp³-hybridized carbons (Fsp3) is 0.413. The van der Waals surface area contributed by atoms with Crippen LogP contribution in [0.3, 0.4) is 0 Å². The van der Waals surface area contributed by atoms with Gasteiger partial charge in [-0.3, -0.25) is 28.9 Å². The van der Waals surface area contributed by atoms with Crippen molar-refractivity contribution in [1.29, 1.82) is 0 Å². The van der Waals surface area contributed by atoms with Gasteiger partial charge in [0.25, 0.3) is 5.56 Å². The number of nitrogens with zero attached hydrogens (tertiary/aromatic N) is 3. The lowest BCUT2D eigenvalue weighted by Crippen LogP contribution is -2.60. The van der Waals surface area contributed by atoms with Crippen molar-refractivity contribution in [3.05, 3.63) is 74.6 Å². The number of anilines is 1. The van der Waals surface area contributed by atoms with Gasteiger partial charge in [0.05, 0.1) is 34.7 Å². The average molecular weight is 985 g/mol. The van der Waals surface area contributed by atoms with Gasteiger partial charge in [0.1, 0.15) is 44.1 Å². The molecule has 8 heterocycles. The smallest absolute Gasteiger partial charge is 0.407 e. The molecule has 0 bridgehead atoms. The number of carbonyl (C=O) groups is 7. The molecular weight excluding hydrogens is 941 g/mol. The highest BCUT2D eigenvalue weighted by atomic mass is 16.8. The number of amides is 5. The zero-order valence-corrected chi connectivity index (χ0v) is 37.5. The number of nitrogens with one attached hydrogen (secondary N) is 3. The number of alkyl carbamates (subject to hydrolysis) is 1. The molecule has 372 valence electrons. The van der Waals surface area contributed by atoms with E-state index in [1.165, 1.54) is 28.8 Å². The van der Waals surface area contributed by atoms with Crippen LogP contribution in [-0.2, 0) is 78.8 Å². The van der Waals surface area contributed by atoms with Gasteiger partial charge in [0.15, 0.2) is 23.7 Å². The van der Waals surface area contributed by atoms with E-state index in [4.69, 9.17) is 42.9 Å². The van der Waals surface area contributed by atoms with Gasteiger partial charge < -0.3 is 73.7 Å². The quantitative estimate of drug-likeness (QED) is 0.0639. The van der Waals surface area contributed by atoms with Gasteiger partial charge in [-0.25, -0.2) is 19.4 Å². The third-order valence-electron chi connectivity index (χ3n) is 12.9. The topological polar surface area (TPSA) is 328 Å². The zero-order chi connectivity index (χ0) is 49.8. The highest BCUT2D eigenvalue weighted by Crippen LogP contribution is 2.42. The molecule has 2 aromatic heterocycles. The summed E-state index contributed by atoms with van der Waals surface area (Å²) in [6, 6.07) is 9.16. The van der Waals surface area contributed by atoms with Crippen LogP contribution < -0.4 is 35.7 Å². The van der Waals surface area contributed by atoms with E-state index in [9.17, 15) is 53.7 Å². The van der Waals surface area contributed by atoms with Crippen LogP contribution in [0.2, 0.25) is 0 Å². The Morgan fingerprint density at radius 1 is 0.901 bits per heavy atom. The molecule has 4 unspecified atom stereocenters. The predicted molar refractivity (Wildman–Crippen MR) is 234 cm³/mol. The first-order chi connectivity index (χ1) is 34.1. The van der Waals surface area contributed by atoms with Gasteiger partial charge in [0, 0.05) is 67.4 Å². The molecule has 3 saturated heterocycles. The van der Waals surface area contributed by atoms with E-state index in [1.54, 1.807) is 19.1 Å². The number of aliphatic hydroxyl groups is 2. The van der Waals surface area contributed by atoms with E-state index in [0.717, 1.165) is 4.90 Å². The van der Waals surface area contributed by atoms with Crippen LogP contribution in [0.1, 0.15) is 60.1 Å². The highest BCUT2D eigenvalue weighted by Gasteiger charge is 2.53. The number of fused-ring (bicyclic) bond motifs is 7. The van der Waals surface area contributed by atoms with E-state index in [2.05, 4.69) is 16.0 Å². The van der Waals surface area contributed by atoms with E-state index < -0.39 is 78.1 Å². The Labute approximate surface area is 399 Å². The summed E-state index contributed by atoms with van der Waals surface area (Å²) in [5, 5.41) is 40.1. The number of aliphatic carboxylic acids is 1. The molecule has 10 rings (SSSR count). The van der Waals surface area contributed by atoms with Crippen LogP contribution in [0.5, 0.6) is 17.2 Å². The molecule has 5 amide bonds. The number of esters is 1. The van der Waals surface area contributed by atoms with E-state index in [-0.39, 0.29) is 107 Å². The number of hydrogen-bond acceptors (Lipinski definition) is 19. The maximum atomic E-state index is 13.7. The summed E-state index contributed by atoms with van der Waals surface area (Å²) in [4.78, 5) is 108. The van der Waals surface area contributed by atoms with Gasteiger partial charge in [-0.05, 0) is 35.4 Å². The fourth-order valence-corrected chi connectivity index (χ4v) is 9.26. The van der Waals surface area contributed by atoms with Crippen molar-refractivity contribution in [1.82, 2.24) is 25.1 Å². The maximum absolute atomic E-state index is 13.7. The van der Waals surface area contributed by atoms with Crippen molar-refractivity contribution < 1.29 is 86.8 Å². The lowest BCUT2D eigenvalue weighted by molar-refractivity contribution is -0.249. The molecule has 0 spiro atoms. The summed E-state index contributed by atoms with van der Waals surface area (Å²) in [6.07, 6.45) is -9.90. The van der Waals surface area contributed by atoms with E-state index >= 15 is 0 Å². The molecule has 25 nitrogen and oxygen atoms in total. The van der Waals surface area contributed by atoms with Gasteiger partial charge in [-0.1, -0.05) is 13.0 Å². The van der Waals surface area contributed by atoms with Crippen molar-refractivity contribution in [3.63, 3.8) is 0 Å². The molecule has 25 heteroatoms. The van der Waals surface area contributed by atoms with Crippen LogP contribution in [0.4, 0.5) is 10.5 Å². The monoisotopic (exact) mass is 984 g/mol. The molecule has 4 aromatic rings. The van der Waals surface area contributed by atoms with Gasteiger partial charge >= 0.3 is 18.0 Å². The summed E-state index contributed by atoms with van der Waals surface area (Å²) in [5.41, 5.74) is 2.36. The molecule has 0 saturated carbocycles. The van der Waals surface area contributed by atoms with Crippen LogP contribution in [0.25, 0.3) is 22.3 Å². The Kier molecular flexibility index (Phi) is 12.5. The molecule has 2 aromatic carbocycles. The first-order valence-corrected chi connectivity index (χ1v) is 22.4. The number of carboxylic acid groups (broad SMARTS) is 1. The average Bonchev–Trinajstić information content (AvgIpc) is 4.15. The second-order valence-corrected chi connectivity index (χ2v) is 17.4. The number of benzene rings is 2. The first-order valence-electron chi connectivity index (χ1n) is 22.4. The number of rotatable bonds is 14. The van der Waals surface area contributed by atoms with Crippen LogP contribution in [-0.4, -0.2) is 129 Å². The Morgan fingerprint density at radius 3 is 2.46 bits per heavy atom. The third-order valence-corrected chi connectivity index (χ3v) is 12.9. The molecule has 6 N–H and O–H groups in total. The number of aliphatic hydroxyl groups excluding tert-OH is 2. The zero-order valence-electron chi connectivity index (χ0n) is 37.5. The summed E-state index contributed by atoms with van der Waals surface area (Å²) in [5.74, 6) is -3.84. The lowest BCUT2D eigenvalue weighted by atomic mass is 9.98. The molecule has 6 aliphatic heterocycles. The normalized spacial score (nSPS) is 23.6. The van der Waals surface area contributed by atoms with Gasteiger partial charge in [-0.2, -0.15) is 0 Å². The Balaban J connectivity index is 0.845. The standard InChI is InChI=1S/C46H44N6O19/c1-19-8-34(55)51(41(19)58)7-5-32(53)47-6-4-33(54)49-27-9-20(2-3-29(27)70-45-37(57)38-39(69-18-68-38)40(71-45)43(60)61)15-65-46(63)48-13-23-21-11-30-31(67-17-66-30)12-26(21)50-35-24(23)14-52-28(35)10-22-25(42(52)59)16-64-44(62)36(22)56/h2-3,9-12,19,36-40,45,56-57H,4-8,13-18H2,1H3,(H,47,53)(H,48,63)(H,49,54)(H,60,61)/t19?,36-,37?,38?,39-,40?,45+/m0/s1. The number of carboxylic acids is 1. The van der Waals surface area contributed by atoms with Crippen LogP contribution >= 0.6 is 0 Å². The van der Waals surface area contributed by atoms with Crippen molar-refractivity contribution >= 4 is 58.3 Å². The number of aromatic nitrogens is 2. The first kappa shape index (κ1) is 47.0. The number of imide groups is 1. The molecule has 6 aliphatic rings. The minimum Gasteiger partial charge on any atom is -0.479 e. The lowest BCUT2D eigenvalue weighted by Gasteiger charge is -2.38. The van der Waals surface area contributed by atoms with Gasteiger partial charge in [0.2, 0.25) is 36.7 Å². The number of ether oxygens (including phenoxy) is 8.